The van der Waals surface area contributed by atoms with Gasteiger partial charge in [-0.15, -0.1) is 0 Å². The molecule has 1 heterocycles. The molecule has 0 aliphatic carbocycles. The van der Waals surface area contributed by atoms with Gasteiger partial charge in [-0.2, -0.15) is 0 Å². The normalized spacial score (nSPS) is 16.8. The molecule has 4 N–H and O–H groups in total. The van der Waals surface area contributed by atoms with Crippen LogP contribution in [0.2, 0.25) is 0 Å². The van der Waals surface area contributed by atoms with Crippen molar-refractivity contribution < 1.29 is 15.0 Å². The summed E-state index contributed by atoms with van der Waals surface area (Å²) >= 11 is 0. The van der Waals surface area contributed by atoms with Crippen LogP contribution in [-0.4, -0.2) is 48.6 Å². The second-order valence-corrected chi connectivity index (χ2v) is 4.90. The molecule has 1 aliphatic heterocycles. The van der Waals surface area contributed by atoms with Crippen molar-refractivity contribution in [1.29, 1.82) is 0 Å². The molecule has 0 radical (unpaired) electrons. The molecule has 1 unspecified atom stereocenters. The Hall–Kier alpha value is -1.79. The van der Waals surface area contributed by atoms with E-state index in [0.29, 0.717) is 6.54 Å². The highest BCUT2D eigenvalue weighted by molar-refractivity contribution is 5.94. The first-order chi connectivity index (χ1) is 9.63. The summed E-state index contributed by atoms with van der Waals surface area (Å²) in [7, 11) is 0. The van der Waals surface area contributed by atoms with Crippen LogP contribution in [0.15, 0.2) is 18.2 Å². The lowest BCUT2D eigenvalue weighted by Crippen LogP contribution is -2.46. The number of amides is 2. The van der Waals surface area contributed by atoms with E-state index >= 15 is 0 Å². The number of benzene rings is 1. The number of hydrogen-bond donors (Lipinski definition) is 4. The monoisotopic (exact) mass is 279 g/mol. The Kier molecular flexibility index (Phi) is 4.81. The van der Waals surface area contributed by atoms with Gasteiger partial charge in [0.15, 0.2) is 0 Å². The van der Waals surface area contributed by atoms with E-state index in [1.165, 1.54) is 0 Å². The smallest absolute Gasteiger partial charge is 0.321 e. The van der Waals surface area contributed by atoms with Crippen molar-refractivity contribution in [3.63, 3.8) is 0 Å². The van der Waals surface area contributed by atoms with Crippen molar-refractivity contribution >= 4 is 17.4 Å². The molecule has 1 aromatic rings. The number of carbonyl (C=O) groups excluding carboxylic acids is 1. The van der Waals surface area contributed by atoms with Crippen LogP contribution in [0.1, 0.15) is 12.0 Å². The lowest BCUT2D eigenvalue weighted by molar-refractivity contribution is 0.105. The maximum Gasteiger partial charge on any atom is 0.321 e. The van der Waals surface area contributed by atoms with E-state index in [1.807, 2.05) is 25.1 Å². The fourth-order valence-electron chi connectivity index (χ4n) is 2.26. The van der Waals surface area contributed by atoms with Gasteiger partial charge in [-0.1, -0.05) is 6.07 Å². The summed E-state index contributed by atoms with van der Waals surface area (Å²) < 4.78 is 0. The van der Waals surface area contributed by atoms with E-state index in [0.717, 1.165) is 29.9 Å². The number of hydrogen-bond acceptors (Lipinski definition) is 4. The molecule has 1 atom stereocenters. The van der Waals surface area contributed by atoms with Gasteiger partial charge in [0.05, 0.1) is 18.4 Å². The minimum Gasteiger partial charge on any atom is -0.394 e. The van der Waals surface area contributed by atoms with Crippen molar-refractivity contribution in [1.82, 2.24) is 5.32 Å². The quantitative estimate of drug-likeness (QED) is 0.638. The maximum absolute atomic E-state index is 11.9. The van der Waals surface area contributed by atoms with Crippen LogP contribution in [-0.2, 0) is 0 Å². The minimum absolute atomic E-state index is 0.0770. The highest BCUT2D eigenvalue weighted by Gasteiger charge is 2.21. The molecule has 2 amide bonds. The third-order valence-electron chi connectivity index (χ3n) is 3.41. The van der Waals surface area contributed by atoms with Crippen molar-refractivity contribution in [2.75, 3.05) is 36.5 Å². The van der Waals surface area contributed by atoms with Crippen LogP contribution in [0.5, 0.6) is 0 Å². The zero-order valence-corrected chi connectivity index (χ0v) is 11.6. The zero-order valence-electron chi connectivity index (χ0n) is 11.6. The molecule has 6 nitrogen and oxygen atoms in total. The van der Waals surface area contributed by atoms with Gasteiger partial charge in [0, 0.05) is 25.3 Å². The SMILES string of the molecule is Cc1c(NCC(O)CO)cccc1N1CCCNC1=O. The van der Waals surface area contributed by atoms with Gasteiger partial charge in [-0.3, -0.25) is 4.90 Å². The molecule has 1 aromatic carbocycles. The molecule has 0 bridgehead atoms. The maximum atomic E-state index is 11.9. The predicted octanol–water partition coefficient (Wildman–Crippen LogP) is 0.680. The van der Waals surface area contributed by atoms with Gasteiger partial charge in [-0.25, -0.2) is 4.79 Å². The Morgan fingerprint density at radius 3 is 3.00 bits per heavy atom. The fourth-order valence-corrected chi connectivity index (χ4v) is 2.26. The Morgan fingerprint density at radius 1 is 1.50 bits per heavy atom. The van der Waals surface area contributed by atoms with Gasteiger partial charge in [-0.05, 0) is 31.0 Å². The highest BCUT2D eigenvalue weighted by Crippen LogP contribution is 2.27. The molecule has 0 aromatic heterocycles. The van der Waals surface area contributed by atoms with Gasteiger partial charge >= 0.3 is 6.03 Å². The molecule has 6 heteroatoms. The van der Waals surface area contributed by atoms with Crippen molar-refractivity contribution in [2.45, 2.75) is 19.4 Å². The van der Waals surface area contributed by atoms with Crippen LogP contribution in [0.3, 0.4) is 0 Å². The molecule has 1 saturated heterocycles. The summed E-state index contributed by atoms with van der Waals surface area (Å²) in [6, 6.07) is 5.60. The zero-order chi connectivity index (χ0) is 14.5. The van der Waals surface area contributed by atoms with Gasteiger partial charge in [0.2, 0.25) is 0 Å². The first-order valence-corrected chi connectivity index (χ1v) is 6.81. The summed E-state index contributed by atoms with van der Waals surface area (Å²) in [5.74, 6) is 0. The molecular weight excluding hydrogens is 258 g/mol. The summed E-state index contributed by atoms with van der Waals surface area (Å²) in [6.45, 7) is 3.35. The van der Waals surface area contributed by atoms with Crippen molar-refractivity contribution in [3.8, 4) is 0 Å². The fraction of sp³-hybridized carbons (Fsp3) is 0.500. The Labute approximate surface area is 118 Å². The van der Waals surface area contributed by atoms with Crippen LogP contribution < -0.4 is 15.5 Å². The molecule has 0 spiro atoms. The first kappa shape index (κ1) is 14.6. The predicted molar refractivity (Wildman–Crippen MR) is 78.1 cm³/mol. The Bertz CT molecular complexity index is 479. The van der Waals surface area contributed by atoms with E-state index in [1.54, 1.807) is 4.90 Å². The van der Waals surface area contributed by atoms with Gasteiger partial charge < -0.3 is 20.8 Å². The van der Waals surface area contributed by atoms with E-state index in [4.69, 9.17) is 5.11 Å². The number of carbonyl (C=O) groups is 1. The highest BCUT2D eigenvalue weighted by atomic mass is 16.3. The number of nitrogens with one attached hydrogen (secondary N) is 2. The average Bonchev–Trinajstić information content (AvgIpc) is 2.47. The standard InChI is InChI=1S/C14H21N3O3/c1-10-12(16-8-11(19)9-18)4-2-5-13(10)17-7-3-6-15-14(17)20/h2,4-5,11,16,18-19H,3,6-9H2,1H3,(H,15,20). The summed E-state index contributed by atoms with van der Waals surface area (Å²) in [4.78, 5) is 13.6. The molecular formula is C14H21N3O3. The Morgan fingerprint density at radius 2 is 2.30 bits per heavy atom. The number of anilines is 2. The minimum atomic E-state index is -0.795. The average molecular weight is 279 g/mol. The third-order valence-corrected chi connectivity index (χ3v) is 3.41. The summed E-state index contributed by atoms with van der Waals surface area (Å²) in [5, 5.41) is 24.1. The van der Waals surface area contributed by atoms with Crippen LogP contribution in [0.4, 0.5) is 16.2 Å². The number of urea groups is 1. The number of rotatable bonds is 5. The van der Waals surface area contributed by atoms with Crippen LogP contribution in [0, 0.1) is 6.92 Å². The third kappa shape index (κ3) is 3.20. The molecule has 1 aliphatic rings. The molecule has 1 fully saturated rings. The first-order valence-electron chi connectivity index (χ1n) is 6.81. The number of nitrogens with zero attached hydrogens (tertiary/aromatic N) is 1. The molecule has 0 saturated carbocycles. The second kappa shape index (κ2) is 6.58. The van der Waals surface area contributed by atoms with Crippen LogP contribution >= 0.6 is 0 Å². The lowest BCUT2D eigenvalue weighted by Gasteiger charge is -2.29. The van der Waals surface area contributed by atoms with E-state index in [9.17, 15) is 9.90 Å². The largest absolute Gasteiger partial charge is 0.394 e. The van der Waals surface area contributed by atoms with E-state index in [-0.39, 0.29) is 19.2 Å². The molecule has 20 heavy (non-hydrogen) atoms. The van der Waals surface area contributed by atoms with E-state index in [2.05, 4.69) is 10.6 Å². The van der Waals surface area contributed by atoms with Crippen molar-refractivity contribution in [3.05, 3.63) is 23.8 Å². The second-order valence-electron chi connectivity index (χ2n) is 4.90. The van der Waals surface area contributed by atoms with Crippen LogP contribution in [0.25, 0.3) is 0 Å². The number of aliphatic hydroxyl groups excluding tert-OH is 2. The molecule has 2 rings (SSSR count). The summed E-state index contributed by atoms with van der Waals surface area (Å²) in [6.07, 6.45) is 0.128. The number of aliphatic hydroxyl groups is 2. The van der Waals surface area contributed by atoms with Gasteiger partial charge in [0.1, 0.15) is 0 Å². The molecule has 110 valence electrons. The van der Waals surface area contributed by atoms with E-state index < -0.39 is 6.10 Å². The topological polar surface area (TPSA) is 84.8 Å². The lowest BCUT2D eigenvalue weighted by atomic mass is 10.1. The van der Waals surface area contributed by atoms with Crippen molar-refractivity contribution in [2.24, 2.45) is 0 Å². The summed E-state index contributed by atoms with van der Waals surface area (Å²) in [5.41, 5.74) is 2.67. The Balaban J connectivity index is 2.16. The van der Waals surface area contributed by atoms with Gasteiger partial charge in [0.25, 0.3) is 0 Å².